The van der Waals surface area contributed by atoms with Gasteiger partial charge in [-0.2, -0.15) is 13.2 Å². The molecule has 0 aromatic heterocycles. The van der Waals surface area contributed by atoms with E-state index in [0.29, 0.717) is 38.3 Å². The average Bonchev–Trinajstić information content (AvgIpc) is 2.72. The number of nitrogens with one attached hydrogen (secondary N) is 1. The minimum atomic E-state index is -4.56. The molecule has 3 rings (SSSR count). The summed E-state index contributed by atoms with van der Waals surface area (Å²) in [6.45, 7) is 0.692. The zero-order valence-electron chi connectivity index (χ0n) is 16.6. The van der Waals surface area contributed by atoms with E-state index in [1.54, 1.807) is 0 Å². The maximum atomic E-state index is 13.2. The number of hydrogen-bond acceptors (Lipinski definition) is 2. The van der Waals surface area contributed by atoms with Crippen LogP contribution in [0.25, 0.3) is 0 Å². The molecular formula is C22H29F3N2O2. The monoisotopic (exact) mass is 410 g/mol. The molecule has 2 aliphatic rings. The molecule has 1 aromatic rings. The van der Waals surface area contributed by atoms with Crippen LogP contribution < -0.4 is 5.32 Å². The predicted octanol–water partition coefficient (Wildman–Crippen LogP) is 4.79. The van der Waals surface area contributed by atoms with Gasteiger partial charge in [-0.15, -0.1) is 0 Å². The van der Waals surface area contributed by atoms with E-state index in [2.05, 4.69) is 5.32 Å². The molecule has 1 aliphatic carbocycles. The summed E-state index contributed by atoms with van der Waals surface area (Å²) >= 11 is 0. The minimum Gasteiger partial charge on any atom is -0.353 e. The molecule has 1 aliphatic heterocycles. The van der Waals surface area contributed by atoms with Crippen molar-refractivity contribution in [3.05, 3.63) is 35.4 Å². The summed E-state index contributed by atoms with van der Waals surface area (Å²) in [5, 5.41) is 3.04. The zero-order valence-corrected chi connectivity index (χ0v) is 16.6. The maximum Gasteiger partial charge on any atom is 0.417 e. The molecule has 7 heteroatoms. The average molecular weight is 410 g/mol. The second-order valence-electron chi connectivity index (χ2n) is 8.22. The highest BCUT2D eigenvalue weighted by atomic mass is 19.4. The van der Waals surface area contributed by atoms with Gasteiger partial charge in [-0.25, -0.2) is 0 Å². The Morgan fingerprint density at radius 1 is 1.00 bits per heavy atom. The maximum absolute atomic E-state index is 13.2. The number of halogens is 3. The Morgan fingerprint density at radius 3 is 2.31 bits per heavy atom. The highest BCUT2D eigenvalue weighted by Crippen LogP contribution is 2.33. The number of amides is 2. The van der Waals surface area contributed by atoms with Crippen LogP contribution in [0.15, 0.2) is 24.3 Å². The molecule has 2 amide bonds. The molecule has 0 spiro atoms. The lowest BCUT2D eigenvalue weighted by Crippen LogP contribution is -2.46. The second kappa shape index (κ2) is 9.63. The molecule has 0 radical (unpaired) electrons. The second-order valence-corrected chi connectivity index (χ2v) is 8.22. The van der Waals surface area contributed by atoms with Gasteiger partial charge < -0.3 is 10.2 Å². The third-order valence-electron chi connectivity index (χ3n) is 6.11. The van der Waals surface area contributed by atoms with Gasteiger partial charge in [0.25, 0.3) is 5.91 Å². The Kier molecular flexibility index (Phi) is 7.19. The third-order valence-corrected chi connectivity index (χ3v) is 6.11. The molecule has 29 heavy (non-hydrogen) atoms. The summed E-state index contributed by atoms with van der Waals surface area (Å²) in [6.07, 6.45) is 4.28. The van der Waals surface area contributed by atoms with E-state index < -0.39 is 17.6 Å². The van der Waals surface area contributed by atoms with Crippen LogP contribution in [0.1, 0.15) is 73.7 Å². The number of nitrogens with zero attached hydrogens (tertiary/aromatic N) is 1. The van der Waals surface area contributed by atoms with Crippen molar-refractivity contribution in [3.8, 4) is 0 Å². The molecule has 4 nitrogen and oxygen atoms in total. The Balaban J connectivity index is 1.47. The lowest BCUT2D eigenvalue weighted by molar-refractivity contribution is -0.138. The summed E-state index contributed by atoms with van der Waals surface area (Å²) in [5.41, 5.74) is -1.21. The summed E-state index contributed by atoms with van der Waals surface area (Å²) in [4.78, 5) is 26.3. The fourth-order valence-electron chi connectivity index (χ4n) is 4.42. The molecule has 1 heterocycles. The fraction of sp³-hybridized carbons (Fsp3) is 0.636. The standard InChI is InChI=1S/C22H29F3N2O2/c23-22(24,25)19-9-5-4-8-18(19)21(29)27-14-12-17(13-15-27)26-20(28)11-10-16-6-2-1-3-7-16/h4-5,8-9,16-17H,1-3,6-7,10-15H2,(H,26,28). The number of benzene rings is 1. The van der Waals surface area contributed by atoms with Crippen molar-refractivity contribution >= 4 is 11.8 Å². The van der Waals surface area contributed by atoms with Crippen LogP contribution in [0.4, 0.5) is 13.2 Å². The van der Waals surface area contributed by atoms with Gasteiger partial charge in [0.05, 0.1) is 11.1 Å². The first-order valence-electron chi connectivity index (χ1n) is 10.6. The van der Waals surface area contributed by atoms with Crippen LogP contribution in [-0.2, 0) is 11.0 Å². The molecule has 1 saturated heterocycles. The first kappa shape index (κ1) is 21.7. The SMILES string of the molecule is O=C(CCC1CCCCC1)NC1CCN(C(=O)c2ccccc2C(F)(F)F)CC1. The van der Waals surface area contributed by atoms with Crippen molar-refractivity contribution in [1.82, 2.24) is 10.2 Å². The van der Waals surface area contributed by atoms with Gasteiger partial charge in [-0.1, -0.05) is 44.2 Å². The van der Waals surface area contributed by atoms with E-state index in [1.165, 1.54) is 55.2 Å². The number of piperidine rings is 1. The normalized spacial score (nSPS) is 19.2. The summed E-state index contributed by atoms with van der Waals surface area (Å²) in [5.74, 6) is 0.102. The van der Waals surface area contributed by atoms with Crippen LogP contribution in [0.3, 0.4) is 0 Å². The van der Waals surface area contributed by atoms with E-state index in [1.807, 2.05) is 0 Å². The Morgan fingerprint density at radius 2 is 1.66 bits per heavy atom. The molecule has 1 saturated carbocycles. The molecule has 0 atom stereocenters. The number of hydrogen-bond donors (Lipinski definition) is 1. The largest absolute Gasteiger partial charge is 0.417 e. The van der Waals surface area contributed by atoms with Gasteiger partial charge >= 0.3 is 6.18 Å². The Hall–Kier alpha value is -2.05. The summed E-state index contributed by atoms with van der Waals surface area (Å²) < 4.78 is 39.5. The molecule has 160 valence electrons. The van der Waals surface area contributed by atoms with E-state index in [9.17, 15) is 22.8 Å². The van der Waals surface area contributed by atoms with Crippen LogP contribution in [0, 0.1) is 5.92 Å². The van der Waals surface area contributed by atoms with Crippen molar-refractivity contribution in [2.45, 2.75) is 70.0 Å². The quantitative estimate of drug-likeness (QED) is 0.759. The smallest absolute Gasteiger partial charge is 0.353 e. The van der Waals surface area contributed by atoms with Gasteiger partial charge in [0, 0.05) is 25.6 Å². The highest BCUT2D eigenvalue weighted by Gasteiger charge is 2.36. The molecule has 1 aromatic carbocycles. The van der Waals surface area contributed by atoms with Crippen LogP contribution in [0.5, 0.6) is 0 Å². The topological polar surface area (TPSA) is 49.4 Å². The Labute approximate surface area is 169 Å². The number of likely N-dealkylation sites (tertiary alicyclic amines) is 1. The van der Waals surface area contributed by atoms with E-state index in [-0.39, 0.29) is 17.5 Å². The van der Waals surface area contributed by atoms with E-state index >= 15 is 0 Å². The first-order valence-corrected chi connectivity index (χ1v) is 10.6. The highest BCUT2D eigenvalue weighted by molar-refractivity contribution is 5.96. The molecule has 1 N–H and O–H groups in total. The van der Waals surface area contributed by atoms with Crippen LogP contribution in [-0.4, -0.2) is 35.8 Å². The van der Waals surface area contributed by atoms with Gasteiger partial charge in [-0.05, 0) is 37.3 Å². The number of alkyl halides is 3. The van der Waals surface area contributed by atoms with Crippen LogP contribution in [0.2, 0.25) is 0 Å². The van der Waals surface area contributed by atoms with Crippen molar-refractivity contribution < 1.29 is 22.8 Å². The van der Waals surface area contributed by atoms with E-state index in [0.717, 1.165) is 12.5 Å². The molecule has 2 fully saturated rings. The molecule has 0 bridgehead atoms. The number of rotatable bonds is 5. The first-order chi connectivity index (χ1) is 13.8. The summed E-state index contributed by atoms with van der Waals surface area (Å²) in [7, 11) is 0. The lowest BCUT2D eigenvalue weighted by atomic mass is 9.86. The van der Waals surface area contributed by atoms with Crippen molar-refractivity contribution in [1.29, 1.82) is 0 Å². The van der Waals surface area contributed by atoms with Gasteiger partial charge in [0.15, 0.2) is 0 Å². The fourth-order valence-corrected chi connectivity index (χ4v) is 4.42. The third kappa shape index (κ3) is 5.97. The van der Waals surface area contributed by atoms with Crippen molar-refractivity contribution in [2.24, 2.45) is 5.92 Å². The van der Waals surface area contributed by atoms with Crippen LogP contribution >= 0.6 is 0 Å². The van der Waals surface area contributed by atoms with E-state index in [4.69, 9.17) is 0 Å². The zero-order chi connectivity index (χ0) is 20.9. The van der Waals surface area contributed by atoms with Gasteiger partial charge in [-0.3, -0.25) is 9.59 Å². The molecule has 0 unspecified atom stereocenters. The van der Waals surface area contributed by atoms with Crippen molar-refractivity contribution in [3.63, 3.8) is 0 Å². The minimum absolute atomic E-state index is 0.0178. The number of carbonyl (C=O) groups excluding carboxylic acids is 2. The molecular weight excluding hydrogens is 381 g/mol. The predicted molar refractivity (Wildman–Crippen MR) is 104 cm³/mol. The number of carbonyl (C=O) groups is 2. The Bertz CT molecular complexity index is 706. The van der Waals surface area contributed by atoms with Gasteiger partial charge in [0.1, 0.15) is 0 Å². The summed E-state index contributed by atoms with van der Waals surface area (Å²) in [6, 6.07) is 4.88. The van der Waals surface area contributed by atoms with Crippen molar-refractivity contribution in [2.75, 3.05) is 13.1 Å². The van der Waals surface area contributed by atoms with Gasteiger partial charge in [0.2, 0.25) is 5.91 Å². The lowest BCUT2D eigenvalue weighted by Gasteiger charge is -2.33.